The second-order valence-electron chi connectivity index (χ2n) is 19.5. The average Bonchev–Trinajstić information content (AvgIpc) is 3.32. The molecule has 0 N–H and O–H groups in total. The first kappa shape index (κ1) is 63.9. The van der Waals surface area contributed by atoms with Gasteiger partial charge in [-0.3, -0.25) is 9.59 Å². The van der Waals surface area contributed by atoms with Gasteiger partial charge in [0.05, 0.1) is 6.61 Å². The van der Waals surface area contributed by atoms with Crippen LogP contribution in [0.4, 0.5) is 0 Å². The quantitative estimate of drug-likeness (QED) is 0.0345. The zero-order valence-corrected chi connectivity index (χ0v) is 44.5. The molecule has 0 amide bonds. The van der Waals surface area contributed by atoms with Crippen molar-refractivity contribution in [1.29, 1.82) is 0 Å². The smallest absolute Gasteiger partial charge is 0.306 e. The summed E-state index contributed by atoms with van der Waals surface area (Å²) in [5.41, 5.74) is 0. The normalized spacial score (nSPS) is 12.5. The number of hydrogen-bond acceptors (Lipinski definition) is 5. The van der Waals surface area contributed by atoms with Crippen LogP contribution in [0, 0.1) is 0 Å². The molecule has 0 aromatic carbocycles. The van der Waals surface area contributed by atoms with Crippen LogP contribution in [0.15, 0.2) is 48.6 Å². The van der Waals surface area contributed by atoms with Crippen LogP contribution >= 0.6 is 0 Å². The minimum Gasteiger partial charge on any atom is -0.462 e. The van der Waals surface area contributed by atoms with E-state index >= 15 is 0 Å². The average molecular weight is 926 g/mol. The molecule has 0 rings (SSSR count). The highest BCUT2D eigenvalue weighted by molar-refractivity contribution is 5.70. The Balaban J connectivity index is 4.24. The Morgan fingerprint density at radius 3 is 1.11 bits per heavy atom. The Morgan fingerprint density at radius 1 is 0.348 bits per heavy atom. The van der Waals surface area contributed by atoms with Crippen molar-refractivity contribution in [3.8, 4) is 0 Å². The maximum Gasteiger partial charge on any atom is 0.306 e. The van der Waals surface area contributed by atoms with Gasteiger partial charge in [0.2, 0.25) is 0 Å². The van der Waals surface area contributed by atoms with Gasteiger partial charge in [0, 0.05) is 19.4 Å². The molecule has 0 bridgehead atoms. The largest absolute Gasteiger partial charge is 0.462 e. The maximum absolute atomic E-state index is 12.9. The molecule has 0 saturated carbocycles. The van der Waals surface area contributed by atoms with Crippen LogP contribution in [0.2, 0.25) is 0 Å². The van der Waals surface area contributed by atoms with E-state index in [9.17, 15) is 9.59 Å². The zero-order chi connectivity index (χ0) is 47.7. The molecule has 5 nitrogen and oxygen atoms in total. The van der Waals surface area contributed by atoms with Crippen molar-refractivity contribution < 1.29 is 23.8 Å². The Labute approximate surface area is 412 Å². The predicted octanol–water partition coefficient (Wildman–Crippen LogP) is 19.9. The van der Waals surface area contributed by atoms with Gasteiger partial charge in [-0.1, -0.05) is 262 Å². The summed E-state index contributed by atoms with van der Waals surface area (Å²) in [6, 6.07) is 0. The van der Waals surface area contributed by atoms with Crippen LogP contribution < -0.4 is 0 Å². The third-order valence-corrected chi connectivity index (χ3v) is 12.8. The van der Waals surface area contributed by atoms with Crippen molar-refractivity contribution in [1.82, 2.24) is 0 Å². The van der Waals surface area contributed by atoms with E-state index in [2.05, 4.69) is 69.4 Å². The second-order valence-corrected chi connectivity index (χ2v) is 19.5. The second kappa shape index (κ2) is 57.2. The summed E-state index contributed by atoms with van der Waals surface area (Å²) in [6.07, 6.45) is 71.3. The summed E-state index contributed by atoms with van der Waals surface area (Å²) < 4.78 is 17.5. The molecule has 0 aromatic heterocycles. The van der Waals surface area contributed by atoms with Crippen molar-refractivity contribution in [2.45, 2.75) is 309 Å². The third kappa shape index (κ3) is 54.5. The van der Waals surface area contributed by atoms with Gasteiger partial charge in [-0.2, -0.15) is 0 Å². The first-order valence-corrected chi connectivity index (χ1v) is 29.2. The van der Waals surface area contributed by atoms with Crippen LogP contribution in [-0.2, 0) is 23.8 Å². The number of allylic oxidation sites excluding steroid dienone is 8. The summed E-state index contributed by atoms with van der Waals surface area (Å²) in [7, 11) is 0. The van der Waals surface area contributed by atoms with Gasteiger partial charge in [0.1, 0.15) is 6.61 Å². The lowest BCUT2D eigenvalue weighted by atomic mass is 10.0. The van der Waals surface area contributed by atoms with Gasteiger partial charge < -0.3 is 14.2 Å². The van der Waals surface area contributed by atoms with E-state index < -0.39 is 6.10 Å². The first-order valence-electron chi connectivity index (χ1n) is 29.2. The van der Waals surface area contributed by atoms with Crippen LogP contribution in [0.3, 0.4) is 0 Å². The van der Waals surface area contributed by atoms with E-state index in [0.717, 1.165) is 64.2 Å². The Bertz CT molecular complexity index is 1090. The number of ether oxygens (including phenoxy) is 3. The number of rotatable bonds is 54. The van der Waals surface area contributed by atoms with Gasteiger partial charge in [-0.25, -0.2) is 0 Å². The zero-order valence-electron chi connectivity index (χ0n) is 44.5. The minimum atomic E-state index is -0.541. The molecular weight excluding hydrogens is 813 g/mol. The molecule has 386 valence electrons. The Morgan fingerprint density at radius 2 is 0.682 bits per heavy atom. The number of carbonyl (C=O) groups excluding carboxylic acids is 2. The maximum atomic E-state index is 12.9. The molecule has 0 heterocycles. The van der Waals surface area contributed by atoms with Gasteiger partial charge in [-0.15, -0.1) is 0 Å². The molecular formula is C61H112O5. The lowest BCUT2D eigenvalue weighted by Crippen LogP contribution is -2.30. The molecule has 0 aromatic rings. The van der Waals surface area contributed by atoms with Crippen molar-refractivity contribution in [3.63, 3.8) is 0 Å². The van der Waals surface area contributed by atoms with E-state index in [0.29, 0.717) is 19.4 Å². The fourth-order valence-corrected chi connectivity index (χ4v) is 8.52. The minimum absolute atomic E-state index is 0.0827. The van der Waals surface area contributed by atoms with Gasteiger partial charge in [0.25, 0.3) is 0 Å². The van der Waals surface area contributed by atoms with E-state index in [1.54, 1.807) is 0 Å². The van der Waals surface area contributed by atoms with Crippen LogP contribution in [-0.4, -0.2) is 37.9 Å². The lowest BCUT2D eigenvalue weighted by Gasteiger charge is -2.18. The summed E-state index contributed by atoms with van der Waals surface area (Å²) >= 11 is 0. The summed E-state index contributed by atoms with van der Waals surface area (Å²) in [5.74, 6) is -0.390. The molecule has 0 aliphatic rings. The molecule has 0 spiro atoms. The molecule has 0 aliphatic heterocycles. The molecule has 0 fully saturated rings. The number of esters is 2. The fourth-order valence-electron chi connectivity index (χ4n) is 8.52. The van der Waals surface area contributed by atoms with Crippen molar-refractivity contribution in [2.24, 2.45) is 0 Å². The molecule has 1 atom stereocenters. The summed E-state index contributed by atoms with van der Waals surface area (Å²) in [6.45, 7) is 7.74. The third-order valence-electron chi connectivity index (χ3n) is 12.8. The number of unbranched alkanes of at least 4 members (excludes halogenated alkanes) is 35. The number of carbonyl (C=O) groups is 2. The first-order chi connectivity index (χ1) is 32.6. The lowest BCUT2D eigenvalue weighted by molar-refractivity contribution is -0.163. The monoisotopic (exact) mass is 925 g/mol. The van der Waals surface area contributed by atoms with Crippen LogP contribution in [0.25, 0.3) is 0 Å². The van der Waals surface area contributed by atoms with Crippen molar-refractivity contribution in [3.05, 3.63) is 48.6 Å². The van der Waals surface area contributed by atoms with E-state index in [1.807, 2.05) is 0 Å². The molecule has 5 heteroatoms. The van der Waals surface area contributed by atoms with Crippen LogP contribution in [0.1, 0.15) is 303 Å². The van der Waals surface area contributed by atoms with Crippen molar-refractivity contribution >= 4 is 11.9 Å². The Hall–Kier alpha value is -2.14. The highest BCUT2D eigenvalue weighted by atomic mass is 16.6. The standard InChI is InChI=1S/C61H112O5/c1-4-7-10-13-16-19-22-25-28-30-31-32-34-36-39-42-45-48-51-54-60(62)65-58-59(57-64-56-53-50-47-44-41-38-35-29-26-23-20-17-14-11-8-5-2)66-61(63)55-52-49-46-43-40-37-33-27-24-21-18-15-12-9-6-3/h8,11,17,20,25-26,28-29,59H,4-7,9-10,12-16,18-19,21-24,27,30-58H2,1-3H3/b11-8-,20-17-,28-25-,29-26-. The summed E-state index contributed by atoms with van der Waals surface area (Å²) in [4.78, 5) is 25.5. The SMILES string of the molecule is CC/C=C\C/C=C\C/C=C\CCCCCCCCOCC(COC(=O)CCCCCCCCCCC/C=C\CCCCCCCC)OC(=O)CCCCCCCCCCCCCCCCC. The van der Waals surface area contributed by atoms with E-state index in [4.69, 9.17) is 14.2 Å². The molecule has 0 radical (unpaired) electrons. The highest BCUT2D eigenvalue weighted by Gasteiger charge is 2.17. The van der Waals surface area contributed by atoms with Gasteiger partial charge in [0.15, 0.2) is 6.10 Å². The molecule has 0 aliphatic carbocycles. The Kier molecular flexibility index (Phi) is 55.3. The highest BCUT2D eigenvalue weighted by Crippen LogP contribution is 2.16. The van der Waals surface area contributed by atoms with Crippen LogP contribution in [0.5, 0.6) is 0 Å². The molecule has 0 saturated heterocycles. The van der Waals surface area contributed by atoms with Gasteiger partial charge in [-0.05, 0) is 77.0 Å². The molecule has 1 unspecified atom stereocenters. The topological polar surface area (TPSA) is 61.8 Å². The van der Waals surface area contributed by atoms with Crippen molar-refractivity contribution in [2.75, 3.05) is 19.8 Å². The van der Waals surface area contributed by atoms with Gasteiger partial charge >= 0.3 is 11.9 Å². The van der Waals surface area contributed by atoms with E-state index in [1.165, 1.54) is 205 Å². The molecule has 66 heavy (non-hydrogen) atoms. The predicted molar refractivity (Wildman–Crippen MR) is 288 cm³/mol. The fraction of sp³-hybridized carbons (Fsp3) is 0.836. The summed E-state index contributed by atoms with van der Waals surface area (Å²) in [5, 5.41) is 0. The van der Waals surface area contributed by atoms with E-state index in [-0.39, 0.29) is 25.2 Å². The number of hydrogen-bond donors (Lipinski definition) is 0.